The third kappa shape index (κ3) is 3.28. The fourth-order valence-electron chi connectivity index (χ4n) is 2.67. The first-order chi connectivity index (χ1) is 11.3. The quantitative estimate of drug-likeness (QED) is 0.882. The van der Waals surface area contributed by atoms with E-state index in [2.05, 4.69) is 20.4 Å². The Kier molecular flexibility index (Phi) is 4.08. The molecule has 1 unspecified atom stereocenters. The molecule has 1 fully saturated rings. The Bertz CT molecular complexity index is 731. The molecule has 3 rings (SSSR count). The number of halogens is 3. The van der Waals surface area contributed by atoms with Crippen molar-refractivity contribution in [3.05, 3.63) is 35.7 Å². The van der Waals surface area contributed by atoms with Crippen LogP contribution in [0.3, 0.4) is 0 Å². The maximum Gasteiger partial charge on any atom is 0.408 e. The van der Waals surface area contributed by atoms with Crippen LogP contribution in [0.4, 0.5) is 13.2 Å². The molecular formula is C14H16F3N5O2. The molecule has 0 aliphatic carbocycles. The molecule has 2 aromatic heterocycles. The van der Waals surface area contributed by atoms with Gasteiger partial charge in [-0.05, 0) is 13.0 Å². The van der Waals surface area contributed by atoms with E-state index in [0.29, 0.717) is 23.5 Å². The van der Waals surface area contributed by atoms with E-state index in [1.165, 1.54) is 6.07 Å². The first kappa shape index (κ1) is 16.5. The summed E-state index contributed by atoms with van der Waals surface area (Å²) in [4.78, 5) is 19.8. The first-order valence-corrected chi connectivity index (χ1v) is 7.30. The topological polar surface area (TPSA) is 84.8 Å². The summed E-state index contributed by atoms with van der Waals surface area (Å²) in [6.07, 6.45) is -1.21. The summed E-state index contributed by atoms with van der Waals surface area (Å²) in [5.41, 5.74) is -0.243. The van der Waals surface area contributed by atoms with E-state index in [9.17, 15) is 18.0 Å². The molecule has 24 heavy (non-hydrogen) atoms. The van der Waals surface area contributed by atoms with Gasteiger partial charge in [0.15, 0.2) is 0 Å². The van der Waals surface area contributed by atoms with E-state index >= 15 is 0 Å². The summed E-state index contributed by atoms with van der Waals surface area (Å²) in [5, 5.41) is 6.34. The highest BCUT2D eigenvalue weighted by Gasteiger charge is 2.41. The minimum Gasteiger partial charge on any atom is -0.378 e. The number of hydrogen-bond donors (Lipinski definition) is 2. The van der Waals surface area contributed by atoms with Gasteiger partial charge < -0.3 is 15.0 Å². The molecule has 130 valence electrons. The standard InChI is InChI=1S/C14H16F3N5O2/c1-9-6-18-12(20-9)13(3-5-24-8-13)21-11(23)10-2-4-19-22(10)7-14(15,16)17/h2,4,6H,3,5,7-8H2,1H3,(H,18,20)(H,21,23). The average Bonchev–Trinajstić information content (AvgIpc) is 3.18. The Hall–Kier alpha value is -2.36. The van der Waals surface area contributed by atoms with Crippen LogP contribution >= 0.6 is 0 Å². The predicted molar refractivity (Wildman–Crippen MR) is 76.2 cm³/mol. The van der Waals surface area contributed by atoms with Gasteiger partial charge in [-0.15, -0.1) is 0 Å². The molecule has 1 saturated heterocycles. The van der Waals surface area contributed by atoms with Crippen molar-refractivity contribution in [1.29, 1.82) is 0 Å². The number of H-pyrrole nitrogens is 1. The van der Waals surface area contributed by atoms with Crippen LogP contribution in [-0.4, -0.2) is 45.0 Å². The van der Waals surface area contributed by atoms with Crippen LogP contribution < -0.4 is 5.32 Å². The smallest absolute Gasteiger partial charge is 0.378 e. The maximum atomic E-state index is 12.6. The van der Waals surface area contributed by atoms with E-state index in [1.807, 2.05) is 6.92 Å². The molecule has 0 bridgehead atoms. The second-order valence-electron chi connectivity index (χ2n) is 5.74. The molecule has 3 heterocycles. The van der Waals surface area contributed by atoms with Crippen LogP contribution in [0.15, 0.2) is 18.5 Å². The monoisotopic (exact) mass is 343 g/mol. The largest absolute Gasteiger partial charge is 0.408 e. The number of carbonyl (C=O) groups excluding carboxylic acids is 1. The van der Waals surface area contributed by atoms with Crippen LogP contribution in [0.5, 0.6) is 0 Å². The molecule has 1 atom stereocenters. The van der Waals surface area contributed by atoms with Crippen LogP contribution in [-0.2, 0) is 16.8 Å². The zero-order valence-electron chi connectivity index (χ0n) is 12.9. The van der Waals surface area contributed by atoms with Gasteiger partial charge in [-0.2, -0.15) is 18.3 Å². The number of carbonyl (C=O) groups is 1. The number of imidazole rings is 1. The first-order valence-electron chi connectivity index (χ1n) is 7.30. The molecule has 1 amide bonds. The van der Waals surface area contributed by atoms with Gasteiger partial charge in [0, 0.05) is 31.1 Å². The van der Waals surface area contributed by atoms with Gasteiger partial charge in [0.1, 0.15) is 23.6 Å². The second kappa shape index (κ2) is 5.93. The number of aromatic nitrogens is 4. The fourth-order valence-corrected chi connectivity index (χ4v) is 2.67. The van der Waals surface area contributed by atoms with E-state index in [4.69, 9.17) is 4.74 Å². The van der Waals surface area contributed by atoms with Gasteiger partial charge in [-0.1, -0.05) is 0 Å². The van der Waals surface area contributed by atoms with Crippen molar-refractivity contribution in [1.82, 2.24) is 25.1 Å². The molecule has 10 heteroatoms. The summed E-state index contributed by atoms with van der Waals surface area (Å²) in [6.45, 7) is 1.10. The average molecular weight is 343 g/mol. The number of aryl methyl sites for hydroxylation is 1. The predicted octanol–water partition coefficient (Wildman–Crippen LogP) is 1.52. The van der Waals surface area contributed by atoms with Crippen molar-refractivity contribution in [3.63, 3.8) is 0 Å². The highest BCUT2D eigenvalue weighted by molar-refractivity contribution is 5.93. The summed E-state index contributed by atoms with van der Waals surface area (Å²) >= 11 is 0. The minimum atomic E-state index is -4.46. The van der Waals surface area contributed by atoms with Crippen LogP contribution in [0.2, 0.25) is 0 Å². The molecule has 0 radical (unpaired) electrons. The van der Waals surface area contributed by atoms with E-state index in [-0.39, 0.29) is 12.3 Å². The Balaban J connectivity index is 1.84. The van der Waals surface area contributed by atoms with E-state index in [0.717, 1.165) is 11.9 Å². The van der Waals surface area contributed by atoms with Gasteiger partial charge in [0.05, 0.1) is 6.61 Å². The Labute approximate surface area is 135 Å². The molecule has 0 spiro atoms. The lowest BCUT2D eigenvalue weighted by Gasteiger charge is -2.26. The Morgan fingerprint density at radius 1 is 1.54 bits per heavy atom. The lowest BCUT2D eigenvalue weighted by Crippen LogP contribution is -2.48. The van der Waals surface area contributed by atoms with Crippen molar-refractivity contribution >= 4 is 5.91 Å². The van der Waals surface area contributed by atoms with Crippen molar-refractivity contribution < 1.29 is 22.7 Å². The van der Waals surface area contributed by atoms with Crippen molar-refractivity contribution in [2.45, 2.75) is 31.6 Å². The van der Waals surface area contributed by atoms with Gasteiger partial charge in [-0.3, -0.25) is 9.48 Å². The lowest BCUT2D eigenvalue weighted by atomic mass is 9.97. The molecule has 0 aromatic carbocycles. The number of nitrogens with one attached hydrogen (secondary N) is 2. The molecular weight excluding hydrogens is 327 g/mol. The SMILES string of the molecule is Cc1cnc(C2(NC(=O)c3ccnn3CC(F)(F)F)CCOC2)[nH]1. The second-order valence-corrected chi connectivity index (χ2v) is 5.74. The van der Waals surface area contributed by atoms with Crippen molar-refractivity contribution in [2.75, 3.05) is 13.2 Å². The number of rotatable bonds is 4. The van der Waals surface area contributed by atoms with Gasteiger partial charge in [-0.25, -0.2) is 4.98 Å². The third-order valence-electron chi connectivity index (χ3n) is 3.81. The minimum absolute atomic E-state index is 0.165. The van der Waals surface area contributed by atoms with E-state index in [1.54, 1.807) is 6.20 Å². The molecule has 1 aliphatic rings. The number of ether oxygens (including phenoxy) is 1. The van der Waals surface area contributed by atoms with Crippen LogP contribution in [0.25, 0.3) is 0 Å². The summed E-state index contributed by atoms with van der Waals surface area (Å²) in [5.74, 6) is -0.135. The number of hydrogen-bond acceptors (Lipinski definition) is 4. The summed E-state index contributed by atoms with van der Waals surface area (Å²) in [7, 11) is 0. The lowest BCUT2D eigenvalue weighted by molar-refractivity contribution is -0.142. The zero-order valence-corrected chi connectivity index (χ0v) is 12.9. The highest BCUT2D eigenvalue weighted by atomic mass is 19.4. The molecule has 2 N–H and O–H groups in total. The highest BCUT2D eigenvalue weighted by Crippen LogP contribution is 2.29. The van der Waals surface area contributed by atoms with Crippen molar-refractivity contribution in [2.24, 2.45) is 0 Å². The third-order valence-corrected chi connectivity index (χ3v) is 3.81. The summed E-state index contributed by atoms with van der Waals surface area (Å²) < 4.78 is 43.8. The van der Waals surface area contributed by atoms with Crippen LogP contribution in [0.1, 0.15) is 28.4 Å². The molecule has 1 aliphatic heterocycles. The normalized spacial score (nSPS) is 21.2. The number of aromatic amines is 1. The van der Waals surface area contributed by atoms with Gasteiger partial charge in [0.2, 0.25) is 0 Å². The van der Waals surface area contributed by atoms with Crippen LogP contribution in [0, 0.1) is 6.92 Å². The molecule has 2 aromatic rings. The van der Waals surface area contributed by atoms with Gasteiger partial charge in [0.25, 0.3) is 5.91 Å². The zero-order chi connectivity index (χ0) is 17.4. The van der Waals surface area contributed by atoms with E-state index < -0.39 is 24.2 Å². The van der Waals surface area contributed by atoms with Gasteiger partial charge >= 0.3 is 6.18 Å². The number of alkyl halides is 3. The fraction of sp³-hybridized carbons (Fsp3) is 0.500. The molecule has 7 nitrogen and oxygen atoms in total. The maximum absolute atomic E-state index is 12.6. The van der Waals surface area contributed by atoms with Crippen molar-refractivity contribution in [3.8, 4) is 0 Å². The Morgan fingerprint density at radius 3 is 2.92 bits per heavy atom. The summed E-state index contributed by atoms with van der Waals surface area (Å²) in [6, 6.07) is 1.25. The Morgan fingerprint density at radius 2 is 2.33 bits per heavy atom. The molecule has 0 saturated carbocycles. The number of nitrogens with zero attached hydrogens (tertiary/aromatic N) is 3. The number of amides is 1.